The molecule has 2 N–H and O–H groups in total. The van der Waals surface area contributed by atoms with Gasteiger partial charge in [0.15, 0.2) is 5.96 Å². The maximum atomic E-state index is 6.17. The summed E-state index contributed by atoms with van der Waals surface area (Å²) in [5.41, 5.74) is 7.19. The minimum atomic E-state index is 0.313. The number of ether oxygens (including phenoxy) is 1. The largest absolute Gasteiger partial charge is 0.474 e. The fourth-order valence-corrected chi connectivity index (χ4v) is 3.32. The molecular weight excluding hydrogens is 288 g/mol. The average molecular weight is 316 g/mol. The summed E-state index contributed by atoms with van der Waals surface area (Å²) in [5, 5.41) is 0. The molecular formula is C18H28N4O. The minimum absolute atomic E-state index is 0.313. The normalized spacial score (nSPS) is 20.9. The number of hydrogen-bond acceptors (Lipinski definition) is 3. The van der Waals surface area contributed by atoms with Gasteiger partial charge in [0.25, 0.3) is 0 Å². The number of piperidine rings is 1. The van der Waals surface area contributed by atoms with Crippen molar-refractivity contribution in [2.45, 2.75) is 58.1 Å². The number of likely N-dealkylation sites (tertiary alicyclic amines) is 1. The van der Waals surface area contributed by atoms with E-state index >= 15 is 0 Å². The van der Waals surface area contributed by atoms with E-state index in [4.69, 9.17) is 10.5 Å². The highest BCUT2D eigenvalue weighted by Gasteiger charge is 2.19. The number of guanidine groups is 1. The molecule has 0 bridgehead atoms. The van der Waals surface area contributed by atoms with Gasteiger partial charge in [0.05, 0.1) is 6.54 Å². The molecule has 1 saturated heterocycles. The van der Waals surface area contributed by atoms with Crippen LogP contribution in [0.25, 0.3) is 0 Å². The summed E-state index contributed by atoms with van der Waals surface area (Å²) in [6.07, 6.45) is 9.26. The zero-order valence-corrected chi connectivity index (χ0v) is 14.1. The second-order valence-electron chi connectivity index (χ2n) is 6.84. The van der Waals surface area contributed by atoms with E-state index in [1.807, 2.05) is 12.1 Å². The van der Waals surface area contributed by atoms with Gasteiger partial charge < -0.3 is 15.4 Å². The van der Waals surface area contributed by atoms with Crippen LogP contribution in [0.1, 0.15) is 51.0 Å². The molecule has 0 unspecified atom stereocenters. The van der Waals surface area contributed by atoms with Crippen LogP contribution in [-0.4, -0.2) is 35.0 Å². The summed E-state index contributed by atoms with van der Waals surface area (Å²) in [7, 11) is 0. The van der Waals surface area contributed by atoms with E-state index in [2.05, 4.69) is 21.8 Å². The van der Waals surface area contributed by atoms with E-state index < -0.39 is 0 Å². The van der Waals surface area contributed by atoms with E-state index in [0.29, 0.717) is 18.6 Å². The van der Waals surface area contributed by atoms with E-state index in [1.54, 1.807) is 6.20 Å². The monoisotopic (exact) mass is 316 g/mol. The zero-order valence-electron chi connectivity index (χ0n) is 14.1. The van der Waals surface area contributed by atoms with Crippen molar-refractivity contribution in [3.05, 3.63) is 23.9 Å². The molecule has 0 radical (unpaired) electrons. The molecule has 5 nitrogen and oxygen atoms in total. The van der Waals surface area contributed by atoms with Gasteiger partial charge in [-0.25, -0.2) is 9.98 Å². The third-order valence-electron chi connectivity index (χ3n) is 4.95. The fourth-order valence-electron chi connectivity index (χ4n) is 3.32. The maximum absolute atomic E-state index is 6.17. The lowest BCUT2D eigenvalue weighted by Gasteiger charge is -2.31. The molecule has 0 aromatic carbocycles. The summed E-state index contributed by atoms with van der Waals surface area (Å²) >= 11 is 0. The summed E-state index contributed by atoms with van der Waals surface area (Å²) < 4.78 is 6.06. The molecule has 2 fully saturated rings. The van der Waals surface area contributed by atoms with E-state index in [-0.39, 0.29) is 0 Å². The smallest absolute Gasteiger partial charge is 0.218 e. The van der Waals surface area contributed by atoms with Gasteiger partial charge in [-0.3, -0.25) is 0 Å². The predicted octanol–water partition coefficient (Wildman–Crippen LogP) is 2.95. The van der Waals surface area contributed by atoms with E-state index in [1.165, 1.54) is 25.7 Å². The molecule has 23 heavy (non-hydrogen) atoms. The Balaban J connectivity index is 1.61. The quantitative estimate of drug-likeness (QED) is 0.685. The van der Waals surface area contributed by atoms with Gasteiger partial charge in [-0.15, -0.1) is 0 Å². The van der Waals surface area contributed by atoms with E-state index in [9.17, 15) is 0 Å². The third-order valence-corrected chi connectivity index (χ3v) is 4.95. The van der Waals surface area contributed by atoms with Gasteiger partial charge in [-0.2, -0.15) is 0 Å². The molecule has 2 heterocycles. The molecule has 1 aromatic rings. The van der Waals surface area contributed by atoms with Crippen LogP contribution in [0.5, 0.6) is 5.88 Å². The molecule has 1 aliphatic heterocycles. The van der Waals surface area contributed by atoms with Crippen molar-refractivity contribution in [3.8, 4) is 5.88 Å². The Bertz CT molecular complexity index is 532. The number of hydrogen-bond donors (Lipinski definition) is 1. The predicted molar refractivity (Wildman–Crippen MR) is 92.4 cm³/mol. The molecule has 0 spiro atoms. The molecule has 1 saturated carbocycles. The first-order valence-electron chi connectivity index (χ1n) is 8.88. The van der Waals surface area contributed by atoms with Crippen molar-refractivity contribution >= 4 is 5.96 Å². The Morgan fingerprint density at radius 1 is 1.30 bits per heavy atom. The van der Waals surface area contributed by atoms with Crippen molar-refractivity contribution in [2.75, 3.05) is 13.1 Å². The molecule has 3 rings (SSSR count). The SMILES string of the molecule is CC1CCN(C(N)=NCc2cccnc2OC2CCCC2)CC1. The highest BCUT2D eigenvalue weighted by Crippen LogP contribution is 2.25. The Hall–Kier alpha value is -1.78. The van der Waals surface area contributed by atoms with Crippen LogP contribution in [0.15, 0.2) is 23.3 Å². The summed E-state index contributed by atoms with van der Waals surface area (Å²) in [6, 6.07) is 3.97. The fraction of sp³-hybridized carbons (Fsp3) is 0.667. The first-order valence-corrected chi connectivity index (χ1v) is 8.88. The van der Waals surface area contributed by atoms with Gasteiger partial charge >= 0.3 is 0 Å². The molecule has 1 aliphatic carbocycles. The molecule has 1 aromatic heterocycles. The van der Waals surface area contributed by atoms with E-state index in [0.717, 1.165) is 43.3 Å². The average Bonchev–Trinajstić information content (AvgIpc) is 3.07. The van der Waals surface area contributed by atoms with Crippen LogP contribution >= 0.6 is 0 Å². The highest BCUT2D eigenvalue weighted by molar-refractivity contribution is 5.78. The van der Waals surface area contributed by atoms with Crippen LogP contribution in [0, 0.1) is 5.92 Å². The number of rotatable bonds is 4. The van der Waals surface area contributed by atoms with Crippen LogP contribution in [0.2, 0.25) is 0 Å². The Kier molecular flexibility index (Phi) is 5.36. The van der Waals surface area contributed by atoms with Crippen LogP contribution < -0.4 is 10.5 Å². The van der Waals surface area contributed by atoms with Gasteiger partial charge in [-0.05, 0) is 50.5 Å². The van der Waals surface area contributed by atoms with Gasteiger partial charge in [0.1, 0.15) is 6.10 Å². The minimum Gasteiger partial charge on any atom is -0.474 e. The Morgan fingerprint density at radius 3 is 2.78 bits per heavy atom. The zero-order chi connectivity index (χ0) is 16.1. The molecule has 5 heteroatoms. The second kappa shape index (κ2) is 7.66. The third kappa shape index (κ3) is 4.36. The lowest BCUT2D eigenvalue weighted by atomic mass is 10.00. The van der Waals surface area contributed by atoms with Crippen molar-refractivity contribution in [1.29, 1.82) is 0 Å². The van der Waals surface area contributed by atoms with Crippen molar-refractivity contribution in [3.63, 3.8) is 0 Å². The molecule has 0 amide bonds. The van der Waals surface area contributed by atoms with Crippen LogP contribution in [0.3, 0.4) is 0 Å². The topological polar surface area (TPSA) is 63.7 Å². The molecule has 126 valence electrons. The van der Waals surface area contributed by atoms with Crippen molar-refractivity contribution in [1.82, 2.24) is 9.88 Å². The Labute approximate surface area is 138 Å². The molecule has 0 atom stereocenters. The van der Waals surface area contributed by atoms with Gasteiger partial charge in [-0.1, -0.05) is 13.0 Å². The number of pyridine rings is 1. The lowest BCUT2D eigenvalue weighted by molar-refractivity contribution is 0.199. The lowest BCUT2D eigenvalue weighted by Crippen LogP contribution is -2.42. The second-order valence-corrected chi connectivity index (χ2v) is 6.84. The van der Waals surface area contributed by atoms with Gasteiger partial charge in [0.2, 0.25) is 5.88 Å². The molecule has 2 aliphatic rings. The number of aliphatic imine (C=N–C) groups is 1. The number of nitrogens with zero attached hydrogens (tertiary/aromatic N) is 3. The maximum Gasteiger partial charge on any atom is 0.218 e. The van der Waals surface area contributed by atoms with Crippen LogP contribution in [0.4, 0.5) is 0 Å². The van der Waals surface area contributed by atoms with Gasteiger partial charge in [0, 0.05) is 24.8 Å². The van der Waals surface area contributed by atoms with Crippen molar-refractivity contribution < 1.29 is 4.74 Å². The standard InChI is InChI=1S/C18H28N4O/c1-14-8-11-22(12-9-14)18(19)21-13-15-5-4-10-20-17(15)23-16-6-2-3-7-16/h4-5,10,14,16H,2-3,6-9,11-13H2,1H3,(H2,19,21). The number of nitrogens with two attached hydrogens (primary N) is 1. The van der Waals surface area contributed by atoms with Crippen LogP contribution in [-0.2, 0) is 6.54 Å². The first-order chi connectivity index (χ1) is 11.2. The highest BCUT2D eigenvalue weighted by atomic mass is 16.5. The first kappa shape index (κ1) is 16.1. The van der Waals surface area contributed by atoms with Crippen molar-refractivity contribution in [2.24, 2.45) is 16.6 Å². The number of aromatic nitrogens is 1. The summed E-state index contributed by atoms with van der Waals surface area (Å²) in [6.45, 7) is 4.85. The summed E-state index contributed by atoms with van der Waals surface area (Å²) in [4.78, 5) is 11.2. The summed E-state index contributed by atoms with van der Waals surface area (Å²) in [5.74, 6) is 2.17. The Morgan fingerprint density at radius 2 is 2.04 bits per heavy atom.